The zero-order valence-electron chi connectivity index (χ0n) is 11.2. The van der Waals surface area contributed by atoms with Gasteiger partial charge in [0.15, 0.2) is 0 Å². The lowest BCUT2D eigenvalue weighted by Gasteiger charge is -2.02. The van der Waals surface area contributed by atoms with Gasteiger partial charge in [-0.25, -0.2) is 0 Å². The van der Waals surface area contributed by atoms with Crippen LogP contribution in [0.3, 0.4) is 0 Å². The Kier molecular flexibility index (Phi) is 5.57. The minimum absolute atomic E-state index is 0.0217. The van der Waals surface area contributed by atoms with Crippen molar-refractivity contribution >= 4 is 27.4 Å². The van der Waals surface area contributed by atoms with E-state index in [1.165, 1.54) is 26.0 Å². The molecule has 0 radical (unpaired) electrons. The molecule has 0 amide bonds. The molecule has 20 heavy (non-hydrogen) atoms. The van der Waals surface area contributed by atoms with Crippen LogP contribution in [-0.2, 0) is 24.0 Å². The van der Waals surface area contributed by atoms with E-state index in [2.05, 4.69) is 9.44 Å². The number of hydrogen-bond donors (Lipinski definition) is 0. The van der Waals surface area contributed by atoms with Crippen molar-refractivity contribution in [2.45, 2.75) is 31.6 Å². The van der Waals surface area contributed by atoms with Crippen molar-refractivity contribution in [3.8, 4) is 0 Å². The van der Waals surface area contributed by atoms with E-state index in [1.807, 2.05) is 0 Å². The second-order valence-electron chi connectivity index (χ2n) is 4.26. The Morgan fingerprint density at radius 1 is 1.10 bits per heavy atom. The molecule has 0 aromatic heterocycles. The first-order valence-electron chi connectivity index (χ1n) is 5.84. The molecule has 0 saturated heterocycles. The van der Waals surface area contributed by atoms with Gasteiger partial charge in [-0.05, 0) is 26.0 Å². The van der Waals surface area contributed by atoms with E-state index in [-0.39, 0.29) is 35.0 Å². The molecular formula is C13H15NO5S. The first kappa shape index (κ1) is 16.0. The summed E-state index contributed by atoms with van der Waals surface area (Å²) in [5.74, 6) is -0.583. The summed E-state index contributed by atoms with van der Waals surface area (Å²) in [5, 5.41) is 3.42. The molecule has 0 fully saturated rings. The Bertz CT molecular complexity index is 619. The number of Topliss-reactive ketones (excluding diaryl/α,β-unsaturated/α-hetero) is 2. The number of ketones is 2. The molecule has 0 atom stereocenters. The molecule has 0 aliphatic heterocycles. The van der Waals surface area contributed by atoms with Gasteiger partial charge in [0.1, 0.15) is 16.5 Å². The van der Waals surface area contributed by atoms with Crippen LogP contribution in [0.25, 0.3) is 0 Å². The molecule has 0 unspecified atom stereocenters. The zero-order chi connectivity index (χ0) is 15.2. The van der Waals surface area contributed by atoms with E-state index in [0.29, 0.717) is 0 Å². The molecule has 0 aliphatic rings. The van der Waals surface area contributed by atoms with Gasteiger partial charge in [-0.3, -0.25) is 13.9 Å². The van der Waals surface area contributed by atoms with Gasteiger partial charge in [0, 0.05) is 6.42 Å². The lowest BCUT2D eigenvalue weighted by molar-refractivity contribution is -0.125. The van der Waals surface area contributed by atoms with E-state index >= 15 is 0 Å². The van der Waals surface area contributed by atoms with Crippen LogP contribution < -0.4 is 0 Å². The van der Waals surface area contributed by atoms with Crippen molar-refractivity contribution in [1.82, 2.24) is 0 Å². The molecule has 0 bridgehead atoms. The summed E-state index contributed by atoms with van der Waals surface area (Å²) < 4.78 is 28.0. The fraction of sp³-hybridized carbons (Fsp3) is 0.308. The van der Waals surface area contributed by atoms with Gasteiger partial charge in [-0.1, -0.05) is 23.4 Å². The minimum Gasteiger partial charge on any atom is -0.300 e. The third-order valence-electron chi connectivity index (χ3n) is 2.22. The van der Waals surface area contributed by atoms with E-state index in [1.54, 1.807) is 18.2 Å². The van der Waals surface area contributed by atoms with Crippen molar-refractivity contribution in [3.63, 3.8) is 0 Å². The highest BCUT2D eigenvalue weighted by Crippen LogP contribution is 2.11. The Morgan fingerprint density at radius 2 is 1.70 bits per heavy atom. The van der Waals surface area contributed by atoms with Crippen LogP contribution in [0.4, 0.5) is 0 Å². The molecule has 108 valence electrons. The number of oxime groups is 1. The molecule has 0 saturated carbocycles. The second kappa shape index (κ2) is 6.95. The van der Waals surface area contributed by atoms with Crippen molar-refractivity contribution in [2.24, 2.45) is 5.16 Å². The fourth-order valence-corrected chi connectivity index (χ4v) is 2.20. The number of benzene rings is 1. The smallest absolute Gasteiger partial charge is 0.300 e. The van der Waals surface area contributed by atoms with Crippen molar-refractivity contribution in [3.05, 3.63) is 30.3 Å². The maximum atomic E-state index is 11.7. The molecule has 1 aromatic carbocycles. The van der Waals surface area contributed by atoms with Crippen LogP contribution in [-0.4, -0.2) is 25.7 Å². The highest BCUT2D eigenvalue weighted by atomic mass is 32.2. The average Bonchev–Trinajstić information content (AvgIpc) is 2.36. The van der Waals surface area contributed by atoms with Crippen molar-refractivity contribution in [1.29, 1.82) is 0 Å². The van der Waals surface area contributed by atoms with Gasteiger partial charge in [-0.2, -0.15) is 8.42 Å². The summed E-state index contributed by atoms with van der Waals surface area (Å²) in [6.45, 7) is 2.76. The molecule has 0 N–H and O–H groups in total. The third kappa shape index (κ3) is 5.31. The normalized spacial score (nSPS) is 12.0. The highest BCUT2D eigenvalue weighted by Gasteiger charge is 2.15. The molecule has 1 rings (SSSR count). The van der Waals surface area contributed by atoms with Crippen LogP contribution in [0, 0.1) is 0 Å². The molecule has 0 spiro atoms. The Balaban J connectivity index is 2.67. The SMILES string of the molecule is CC(=O)CC(=O)CC(C)=NOS(=O)(=O)c1ccccc1. The maximum absolute atomic E-state index is 11.7. The van der Waals surface area contributed by atoms with Gasteiger partial charge < -0.3 is 0 Å². The molecule has 6 nitrogen and oxygen atoms in total. The molecule has 0 aliphatic carbocycles. The van der Waals surface area contributed by atoms with Gasteiger partial charge in [0.2, 0.25) is 0 Å². The molecule has 1 aromatic rings. The van der Waals surface area contributed by atoms with Crippen molar-refractivity contribution < 1.29 is 22.3 Å². The van der Waals surface area contributed by atoms with E-state index in [4.69, 9.17) is 0 Å². The van der Waals surface area contributed by atoms with Crippen LogP contribution >= 0.6 is 0 Å². The lowest BCUT2D eigenvalue weighted by Crippen LogP contribution is -2.10. The number of carbonyl (C=O) groups excluding carboxylic acids is 2. The van der Waals surface area contributed by atoms with Crippen LogP contribution in [0.5, 0.6) is 0 Å². The zero-order valence-corrected chi connectivity index (χ0v) is 12.0. The first-order chi connectivity index (χ1) is 9.31. The fourth-order valence-electron chi connectivity index (χ4n) is 1.40. The maximum Gasteiger partial charge on any atom is 0.358 e. The Labute approximate surface area is 117 Å². The number of carbonyl (C=O) groups is 2. The quantitative estimate of drug-likeness (QED) is 0.434. The summed E-state index contributed by atoms with van der Waals surface area (Å²) in [6.07, 6.45) is -0.317. The summed E-state index contributed by atoms with van der Waals surface area (Å²) in [7, 11) is -3.98. The summed E-state index contributed by atoms with van der Waals surface area (Å²) in [6, 6.07) is 7.54. The van der Waals surface area contributed by atoms with E-state index in [9.17, 15) is 18.0 Å². The van der Waals surface area contributed by atoms with Crippen LogP contribution in [0.1, 0.15) is 26.7 Å². The highest BCUT2D eigenvalue weighted by molar-refractivity contribution is 7.86. The number of hydrogen-bond acceptors (Lipinski definition) is 6. The monoisotopic (exact) mass is 297 g/mol. The first-order valence-corrected chi connectivity index (χ1v) is 7.25. The van der Waals surface area contributed by atoms with Crippen LogP contribution in [0.2, 0.25) is 0 Å². The topological polar surface area (TPSA) is 89.9 Å². The Morgan fingerprint density at radius 3 is 2.25 bits per heavy atom. The van der Waals surface area contributed by atoms with Crippen molar-refractivity contribution in [2.75, 3.05) is 0 Å². The Hall–Kier alpha value is -2.02. The number of rotatable bonds is 7. The largest absolute Gasteiger partial charge is 0.358 e. The average molecular weight is 297 g/mol. The molecule has 0 heterocycles. The van der Waals surface area contributed by atoms with E-state index in [0.717, 1.165) is 0 Å². The predicted octanol–water partition coefficient (Wildman–Crippen LogP) is 1.71. The van der Waals surface area contributed by atoms with Gasteiger partial charge in [0.05, 0.1) is 12.1 Å². The standard InChI is InChI=1S/C13H15NO5S/c1-10(8-12(16)9-11(2)15)14-19-20(17,18)13-6-4-3-5-7-13/h3-7H,8-9H2,1-2H3. The lowest BCUT2D eigenvalue weighted by atomic mass is 10.1. The number of nitrogens with zero attached hydrogens (tertiary/aromatic N) is 1. The minimum atomic E-state index is -3.98. The summed E-state index contributed by atoms with van der Waals surface area (Å²) in [5.41, 5.74) is 0.191. The summed E-state index contributed by atoms with van der Waals surface area (Å²) >= 11 is 0. The third-order valence-corrected chi connectivity index (χ3v) is 3.34. The molecule has 7 heteroatoms. The van der Waals surface area contributed by atoms with Crippen LogP contribution in [0.15, 0.2) is 40.4 Å². The summed E-state index contributed by atoms with van der Waals surface area (Å²) in [4.78, 5) is 22.1. The van der Waals surface area contributed by atoms with Gasteiger partial charge in [0.25, 0.3) is 0 Å². The van der Waals surface area contributed by atoms with E-state index < -0.39 is 10.1 Å². The second-order valence-corrected chi connectivity index (χ2v) is 5.79. The molecular weight excluding hydrogens is 282 g/mol. The van der Waals surface area contributed by atoms with Gasteiger partial charge >= 0.3 is 10.1 Å². The predicted molar refractivity (Wildman–Crippen MR) is 72.7 cm³/mol. The van der Waals surface area contributed by atoms with Gasteiger partial charge in [-0.15, -0.1) is 0 Å².